The van der Waals surface area contributed by atoms with E-state index in [1.54, 1.807) is 30.0 Å². The Morgan fingerprint density at radius 2 is 2.08 bits per heavy atom. The Morgan fingerprint density at radius 3 is 2.88 bits per heavy atom. The summed E-state index contributed by atoms with van der Waals surface area (Å²) in [6.45, 7) is 2.18. The minimum Gasteiger partial charge on any atom is -0.339 e. The molecule has 6 nitrogen and oxygen atoms in total. The summed E-state index contributed by atoms with van der Waals surface area (Å²) in [6, 6.07) is 8.66. The highest BCUT2D eigenvalue weighted by Crippen LogP contribution is 2.15. The van der Waals surface area contributed by atoms with E-state index in [4.69, 9.17) is 0 Å². The highest BCUT2D eigenvalue weighted by atomic mass is 32.2. The van der Waals surface area contributed by atoms with Crippen LogP contribution in [0, 0.1) is 0 Å². The monoisotopic (exact) mass is 348 g/mol. The first-order valence-corrected chi connectivity index (χ1v) is 9.79. The van der Waals surface area contributed by atoms with Crippen molar-refractivity contribution in [2.75, 3.05) is 18.1 Å². The Bertz CT molecular complexity index is 933. The van der Waals surface area contributed by atoms with Crippen LogP contribution in [-0.2, 0) is 21.1 Å². The standard InChI is InChI=1S/C17H20N2O4S/c1-12-11-24(22,23)8-4-7-19(12)16(20)10-14-9-13-5-2-3-6-15(13)17(21)18-14/h2-3,5-6,9,12H,4,7-8,10-11H2,1H3,(H,18,21). The Kier molecular flexibility index (Phi) is 4.45. The van der Waals surface area contributed by atoms with Gasteiger partial charge < -0.3 is 9.88 Å². The summed E-state index contributed by atoms with van der Waals surface area (Å²) in [5.74, 6) is -0.0495. The number of pyridine rings is 1. The number of nitrogens with zero attached hydrogens (tertiary/aromatic N) is 1. The number of rotatable bonds is 2. The van der Waals surface area contributed by atoms with Crippen molar-refractivity contribution >= 4 is 26.5 Å². The molecule has 2 heterocycles. The van der Waals surface area contributed by atoms with Crippen LogP contribution in [0.25, 0.3) is 10.8 Å². The maximum absolute atomic E-state index is 12.6. The molecule has 1 amide bonds. The van der Waals surface area contributed by atoms with Gasteiger partial charge in [-0.15, -0.1) is 0 Å². The van der Waals surface area contributed by atoms with Gasteiger partial charge in [-0.05, 0) is 30.9 Å². The Balaban J connectivity index is 1.83. The van der Waals surface area contributed by atoms with E-state index in [0.29, 0.717) is 24.0 Å². The molecule has 7 heteroatoms. The van der Waals surface area contributed by atoms with Crippen molar-refractivity contribution in [2.24, 2.45) is 0 Å². The zero-order valence-electron chi connectivity index (χ0n) is 13.5. The van der Waals surface area contributed by atoms with E-state index >= 15 is 0 Å². The van der Waals surface area contributed by atoms with Crippen LogP contribution < -0.4 is 5.56 Å². The van der Waals surface area contributed by atoms with Crippen LogP contribution in [0.2, 0.25) is 0 Å². The molecule has 1 aromatic carbocycles. The van der Waals surface area contributed by atoms with Crippen LogP contribution in [0.1, 0.15) is 19.0 Å². The first kappa shape index (κ1) is 16.7. The lowest BCUT2D eigenvalue weighted by Gasteiger charge is -2.26. The molecular formula is C17H20N2O4S. The predicted molar refractivity (Wildman–Crippen MR) is 92.7 cm³/mol. The van der Waals surface area contributed by atoms with Gasteiger partial charge in [0.25, 0.3) is 5.56 Å². The summed E-state index contributed by atoms with van der Waals surface area (Å²) in [5.41, 5.74) is 0.324. The fourth-order valence-corrected chi connectivity index (χ4v) is 4.86. The van der Waals surface area contributed by atoms with E-state index in [9.17, 15) is 18.0 Å². The summed E-state index contributed by atoms with van der Waals surface area (Å²) in [6.07, 6.45) is 0.511. The van der Waals surface area contributed by atoms with Gasteiger partial charge in [-0.3, -0.25) is 9.59 Å². The van der Waals surface area contributed by atoms with Gasteiger partial charge in [-0.1, -0.05) is 18.2 Å². The third-order valence-corrected chi connectivity index (χ3v) is 6.25. The number of hydrogen-bond acceptors (Lipinski definition) is 4. The molecule has 3 rings (SSSR count). The molecule has 24 heavy (non-hydrogen) atoms. The number of amides is 1. The van der Waals surface area contributed by atoms with Gasteiger partial charge in [0.05, 0.1) is 17.9 Å². The van der Waals surface area contributed by atoms with E-state index in [-0.39, 0.29) is 35.4 Å². The van der Waals surface area contributed by atoms with Crippen molar-refractivity contribution in [2.45, 2.75) is 25.8 Å². The highest BCUT2D eigenvalue weighted by molar-refractivity contribution is 7.91. The van der Waals surface area contributed by atoms with Crippen molar-refractivity contribution in [1.29, 1.82) is 0 Å². The van der Waals surface area contributed by atoms with Gasteiger partial charge in [0.2, 0.25) is 5.91 Å². The number of H-pyrrole nitrogens is 1. The molecule has 0 aliphatic carbocycles. The van der Waals surface area contributed by atoms with E-state index in [2.05, 4.69) is 4.98 Å². The number of aromatic nitrogens is 1. The molecule has 0 radical (unpaired) electrons. The number of aromatic amines is 1. The quantitative estimate of drug-likeness (QED) is 0.880. The molecule has 1 aliphatic heterocycles. The van der Waals surface area contributed by atoms with Crippen molar-refractivity contribution in [3.8, 4) is 0 Å². The molecule has 0 spiro atoms. The molecule has 1 aliphatic rings. The van der Waals surface area contributed by atoms with Crippen LogP contribution in [0.3, 0.4) is 0 Å². The van der Waals surface area contributed by atoms with Gasteiger partial charge in [0, 0.05) is 23.7 Å². The number of benzene rings is 1. The first-order chi connectivity index (χ1) is 11.4. The van der Waals surface area contributed by atoms with Crippen LogP contribution >= 0.6 is 0 Å². The van der Waals surface area contributed by atoms with Gasteiger partial charge in [-0.2, -0.15) is 0 Å². The number of nitrogens with one attached hydrogen (secondary N) is 1. The summed E-state index contributed by atoms with van der Waals surface area (Å²) in [7, 11) is -3.09. The Hall–Kier alpha value is -2.15. The van der Waals surface area contributed by atoms with Crippen molar-refractivity contribution in [3.63, 3.8) is 0 Å². The molecular weight excluding hydrogens is 328 g/mol. The average molecular weight is 348 g/mol. The van der Waals surface area contributed by atoms with Gasteiger partial charge in [0.1, 0.15) is 0 Å². The lowest BCUT2D eigenvalue weighted by molar-refractivity contribution is -0.132. The highest BCUT2D eigenvalue weighted by Gasteiger charge is 2.28. The molecule has 128 valence electrons. The third-order valence-electron chi connectivity index (χ3n) is 4.35. The van der Waals surface area contributed by atoms with Crippen LogP contribution in [0.15, 0.2) is 35.1 Å². The molecule has 1 unspecified atom stereocenters. The number of fused-ring (bicyclic) bond motifs is 1. The van der Waals surface area contributed by atoms with Gasteiger partial charge >= 0.3 is 0 Å². The SMILES string of the molecule is CC1CS(=O)(=O)CCCN1C(=O)Cc1cc2ccccc2c(=O)[nH]1. The van der Waals surface area contributed by atoms with E-state index < -0.39 is 9.84 Å². The minimum atomic E-state index is -3.09. The number of carbonyl (C=O) groups excluding carboxylic acids is 1. The van der Waals surface area contributed by atoms with Crippen LogP contribution in [0.4, 0.5) is 0 Å². The summed E-state index contributed by atoms with van der Waals surface area (Å²) in [4.78, 5) is 29.1. The van der Waals surface area contributed by atoms with E-state index in [1.165, 1.54) is 0 Å². The average Bonchev–Trinajstić information content (AvgIpc) is 2.64. The smallest absolute Gasteiger partial charge is 0.256 e. The largest absolute Gasteiger partial charge is 0.339 e. The molecule has 0 bridgehead atoms. The van der Waals surface area contributed by atoms with Crippen molar-refractivity contribution in [1.82, 2.24) is 9.88 Å². The van der Waals surface area contributed by atoms with Crippen LogP contribution in [0.5, 0.6) is 0 Å². The molecule has 1 aromatic heterocycles. The fourth-order valence-electron chi connectivity index (χ4n) is 3.21. The molecule has 2 aromatic rings. The predicted octanol–water partition coefficient (Wildman–Crippen LogP) is 1.11. The Morgan fingerprint density at radius 1 is 1.33 bits per heavy atom. The number of sulfone groups is 1. The summed E-state index contributed by atoms with van der Waals surface area (Å²) < 4.78 is 23.6. The zero-order chi connectivity index (χ0) is 17.3. The van der Waals surface area contributed by atoms with Crippen molar-refractivity contribution < 1.29 is 13.2 Å². The lowest BCUT2D eigenvalue weighted by Crippen LogP contribution is -2.41. The number of carbonyl (C=O) groups is 1. The molecule has 1 fully saturated rings. The second-order valence-electron chi connectivity index (χ2n) is 6.29. The molecule has 1 atom stereocenters. The van der Waals surface area contributed by atoms with E-state index in [0.717, 1.165) is 5.39 Å². The number of hydrogen-bond donors (Lipinski definition) is 1. The van der Waals surface area contributed by atoms with Gasteiger partial charge in [-0.25, -0.2) is 8.42 Å². The second kappa shape index (κ2) is 6.39. The lowest BCUT2D eigenvalue weighted by atomic mass is 10.1. The first-order valence-electron chi connectivity index (χ1n) is 7.96. The summed E-state index contributed by atoms with van der Waals surface area (Å²) >= 11 is 0. The molecule has 1 saturated heterocycles. The van der Waals surface area contributed by atoms with Crippen LogP contribution in [-0.4, -0.2) is 48.3 Å². The van der Waals surface area contributed by atoms with E-state index in [1.807, 2.05) is 12.1 Å². The molecule has 0 saturated carbocycles. The fraction of sp³-hybridized carbons (Fsp3) is 0.412. The Labute approximate surface area is 140 Å². The molecule has 1 N–H and O–H groups in total. The normalized spacial score (nSPS) is 20.7. The van der Waals surface area contributed by atoms with Gasteiger partial charge in [0.15, 0.2) is 9.84 Å². The third kappa shape index (κ3) is 3.51. The summed E-state index contributed by atoms with van der Waals surface area (Å²) in [5, 5.41) is 1.37. The maximum Gasteiger partial charge on any atom is 0.256 e. The van der Waals surface area contributed by atoms with Crippen molar-refractivity contribution in [3.05, 3.63) is 46.4 Å². The minimum absolute atomic E-state index is 0.00696. The second-order valence-corrected chi connectivity index (χ2v) is 8.52. The topological polar surface area (TPSA) is 87.3 Å². The zero-order valence-corrected chi connectivity index (χ0v) is 14.3. The maximum atomic E-state index is 12.6.